The van der Waals surface area contributed by atoms with Crippen LogP contribution in [0.4, 0.5) is 4.79 Å². The molecular formula is C15H22N2O5. The van der Waals surface area contributed by atoms with Crippen molar-refractivity contribution in [1.29, 1.82) is 0 Å². The fourth-order valence-corrected chi connectivity index (χ4v) is 2.10. The average molecular weight is 310 g/mol. The van der Waals surface area contributed by atoms with Gasteiger partial charge < -0.3 is 25.5 Å². The van der Waals surface area contributed by atoms with Crippen molar-refractivity contribution < 1.29 is 24.9 Å². The Balaban J connectivity index is 2.58. The SMILES string of the molecule is CCCN(CCc1cccc(O)c1O)C(=O)CCNC(=O)O. The highest BCUT2D eigenvalue weighted by atomic mass is 16.4. The molecular weight excluding hydrogens is 288 g/mol. The Hall–Kier alpha value is -2.44. The normalized spacial score (nSPS) is 10.2. The van der Waals surface area contributed by atoms with Gasteiger partial charge in [-0.1, -0.05) is 19.1 Å². The number of nitrogens with one attached hydrogen (secondary N) is 1. The smallest absolute Gasteiger partial charge is 0.404 e. The van der Waals surface area contributed by atoms with Crippen molar-refractivity contribution in [1.82, 2.24) is 10.2 Å². The molecule has 2 amide bonds. The topological polar surface area (TPSA) is 110 Å². The molecule has 0 bridgehead atoms. The molecule has 1 aromatic rings. The Kier molecular flexibility index (Phi) is 7.01. The molecule has 0 heterocycles. The molecule has 0 aliphatic carbocycles. The van der Waals surface area contributed by atoms with E-state index in [1.807, 2.05) is 6.92 Å². The van der Waals surface area contributed by atoms with Crippen LogP contribution in [0.25, 0.3) is 0 Å². The van der Waals surface area contributed by atoms with Crippen molar-refractivity contribution in [2.45, 2.75) is 26.2 Å². The summed E-state index contributed by atoms with van der Waals surface area (Å²) in [5.74, 6) is -0.495. The second-order valence-electron chi connectivity index (χ2n) is 4.90. The molecule has 0 atom stereocenters. The molecule has 122 valence electrons. The molecule has 22 heavy (non-hydrogen) atoms. The third-order valence-corrected chi connectivity index (χ3v) is 3.21. The molecule has 0 unspecified atom stereocenters. The van der Waals surface area contributed by atoms with Crippen molar-refractivity contribution >= 4 is 12.0 Å². The van der Waals surface area contributed by atoms with Crippen LogP contribution in [-0.2, 0) is 11.2 Å². The van der Waals surface area contributed by atoms with E-state index in [1.165, 1.54) is 6.07 Å². The maximum atomic E-state index is 12.1. The molecule has 0 fully saturated rings. The average Bonchev–Trinajstić information content (AvgIpc) is 2.46. The summed E-state index contributed by atoms with van der Waals surface area (Å²) in [5, 5.41) is 29.9. The number of rotatable bonds is 8. The van der Waals surface area contributed by atoms with E-state index in [9.17, 15) is 19.8 Å². The predicted molar refractivity (Wildman–Crippen MR) is 81.0 cm³/mol. The Morgan fingerprint density at radius 2 is 1.95 bits per heavy atom. The largest absolute Gasteiger partial charge is 0.504 e. The molecule has 0 spiro atoms. The maximum absolute atomic E-state index is 12.1. The number of phenolic OH excluding ortho intramolecular Hbond substituents is 2. The molecule has 4 N–H and O–H groups in total. The summed E-state index contributed by atoms with van der Waals surface area (Å²) in [4.78, 5) is 24.1. The quantitative estimate of drug-likeness (QED) is 0.544. The molecule has 0 saturated carbocycles. The molecule has 7 heteroatoms. The lowest BCUT2D eigenvalue weighted by Gasteiger charge is -2.22. The number of nitrogens with zero attached hydrogens (tertiary/aromatic N) is 1. The Morgan fingerprint density at radius 3 is 2.59 bits per heavy atom. The fourth-order valence-electron chi connectivity index (χ4n) is 2.10. The molecule has 1 rings (SSSR count). The number of amides is 2. The number of hydrogen-bond acceptors (Lipinski definition) is 4. The number of carboxylic acid groups (broad SMARTS) is 1. The number of carbonyl (C=O) groups excluding carboxylic acids is 1. The number of hydrogen-bond donors (Lipinski definition) is 4. The summed E-state index contributed by atoms with van der Waals surface area (Å²) in [7, 11) is 0. The van der Waals surface area contributed by atoms with E-state index in [0.717, 1.165) is 6.42 Å². The van der Waals surface area contributed by atoms with Crippen LogP contribution in [-0.4, -0.2) is 51.9 Å². The van der Waals surface area contributed by atoms with Crippen LogP contribution < -0.4 is 5.32 Å². The Bertz CT molecular complexity index is 519. The Morgan fingerprint density at radius 1 is 1.23 bits per heavy atom. The lowest BCUT2D eigenvalue weighted by Crippen LogP contribution is -2.36. The molecule has 7 nitrogen and oxygen atoms in total. The van der Waals surface area contributed by atoms with Crippen LogP contribution in [0.5, 0.6) is 11.5 Å². The summed E-state index contributed by atoms with van der Waals surface area (Å²) in [5.41, 5.74) is 0.567. The predicted octanol–water partition coefficient (Wildman–Crippen LogP) is 1.54. The van der Waals surface area contributed by atoms with E-state index in [4.69, 9.17) is 5.11 Å². The van der Waals surface area contributed by atoms with Gasteiger partial charge in [0, 0.05) is 26.1 Å². The van der Waals surface area contributed by atoms with E-state index < -0.39 is 6.09 Å². The van der Waals surface area contributed by atoms with Crippen molar-refractivity contribution in [3.8, 4) is 11.5 Å². The van der Waals surface area contributed by atoms with Crippen LogP contribution in [0.2, 0.25) is 0 Å². The first-order valence-corrected chi connectivity index (χ1v) is 7.20. The number of benzene rings is 1. The summed E-state index contributed by atoms with van der Waals surface area (Å²) >= 11 is 0. The molecule has 0 aliphatic heterocycles. The van der Waals surface area contributed by atoms with E-state index in [1.54, 1.807) is 17.0 Å². The second kappa shape index (κ2) is 8.76. The second-order valence-corrected chi connectivity index (χ2v) is 4.90. The van der Waals surface area contributed by atoms with Crippen molar-refractivity contribution in [2.75, 3.05) is 19.6 Å². The lowest BCUT2D eigenvalue weighted by molar-refractivity contribution is -0.131. The highest BCUT2D eigenvalue weighted by Gasteiger charge is 2.14. The fraction of sp³-hybridized carbons (Fsp3) is 0.467. The summed E-state index contributed by atoms with van der Waals surface area (Å²) in [6.45, 7) is 2.98. The number of para-hydroxylation sites is 1. The third kappa shape index (κ3) is 5.51. The van der Waals surface area contributed by atoms with Crippen LogP contribution >= 0.6 is 0 Å². The van der Waals surface area contributed by atoms with Gasteiger partial charge in [-0.05, 0) is 24.5 Å². The molecule has 0 saturated heterocycles. The van der Waals surface area contributed by atoms with Gasteiger partial charge in [-0.15, -0.1) is 0 Å². The monoisotopic (exact) mass is 310 g/mol. The maximum Gasteiger partial charge on any atom is 0.404 e. The van der Waals surface area contributed by atoms with Gasteiger partial charge in [0.05, 0.1) is 0 Å². The van der Waals surface area contributed by atoms with Gasteiger partial charge in [-0.25, -0.2) is 4.79 Å². The van der Waals surface area contributed by atoms with Gasteiger partial charge in [0.2, 0.25) is 5.91 Å². The zero-order valence-electron chi connectivity index (χ0n) is 12.6. The highest BCUT2D eigenvalue weighted by Crippen LogP contribution is 2.28. The first-order valence-electron chi connectivity index (χ1n) is 7.20. The van der Waals surface area contributed by atoms with E-state index in [0.29, 0.717) is 25.1 Å². The molecule has 0 radical (unpaired) electrons. The van der Waals surface area contributed by atoms with Crippen molar-refractivity contribution in [3.05, 3.63) is 23.8 Å². The van der Waals surface area contributed by atoms with Crippen LogP contribution in [0.15, 0.2) is 18.2 Å². The van der Waals surface area contributed by atoms with Crippen LogP contribution in [0.3, 0.4) is 0 Å². The minimum Gasteiger partial charge on any atom is -0.504 e. The standard InChI is InChI=1S/C15H22N2O5/c1-2-9-17(13(19)6-8-16-15(21)22)10-7-11-4-3-5-12(18)14(11)20/h3-5,16,18,20H,2,6-10H2,1H3,(H,21,22). The third-order valence-electron chi connectivity index (χ3n) is 3.21. The summed E-state index contributed by atoms with van der Waals surface area (Å²) < 4.78 is 0. The lowest BCUT2D eigenvalue weighted by atomic mass is 10.1. The highest BCUT2D eigenvalue weighted by molar-refractivity contribution is 5.77. The number of aromatic hydroxyl groups is 2. The van der Waals surface area contributed by atoms with E-state index >= 15 is 0 Å². The first kappa shape index (κ1) is 17.6. The molecule has 0 aliphatic rings. The van der Waals surface area contributed by atoms with E-state index in [-0.39, 0.29) is 30.4 Å². The zero-order chi connectivity index (χ0) is 16.5. The summed E-state index contributed by atoms with van der Waals surface area (Å²) in [6.07, 6.45) is 0.139. The van der Waals surface area contributed by atoms with Crippen LogP contribution in [0, 0.1) is 0 Å². The van der Waals surface area contributed by atoms with Gasteiger partial charge in [0.15, 0.2) is 11.5 Å². The van der Waals surface area contributed by atoms with Crippen molar-refractivity contribution in [3.63, 3.8) is 0 Å². The first-order chi connectivity index (χ1) is 10.5. The van der Waals surface area contributed by atoms with Crippen molar-refractivity contribution in [2.24, 2.45) is 0 Å². The number of phenols is 2. The van der Waals surface area contributed by atoms with Gasteiger partial charge in [-0.3, -0.25) is 4.79 Å². The van der Waals surface area contributed by atoms with Gasteiger partial charge >= 0.3 is 6.09 Å². The van der Waals surface area contributed by atoms with Crippen LogP contribution in [0.1, 0.15) is 25.3 Å². The minimum atomic E-state index is -1.15. The molecule has 1 aromatic carbocycles. The van der Waals surface area contributed by atoms with Gasteiger partial charge in [0.1, 0.15) is 0 Å². The van der Waals surface area contributed by atoms with E-state index in [2.05, 4.69) is 5.32 Å². The van der Waals surface area contributed by atoms with Gasteiger partial charge in [0.25, 0.3) is 0 Å². The summed E-state index contributed by atoms with van der Waals surface area (Å²) in [6, 6.07) is 4.72. The molecule has 0 aromatic heterocycles. The minimum absolute atomic E-state index is 0.0752. The van der Waals surface area contributed by atoms with Gasteiger partial charge in [-0.2, -0.15) is 0 Å². The zero-order valence-corrected chi connectivity index (χ0v) is 12.6. The number of carbonyl (C=O) groups is 2. The Labute approximate surface area is 129 Å².